The minimum Gasteiger partial charge on any atom is -0.335 e. The molecule has 0 spiro atoms. The van der Waals surface area contributed by atoms with E-state index in [1.807, 2.05) is 4.90 Å². The summed E-state index contributed by atoms with van der Waals surface area (Å²) < 4.78 is 0. The fraction of sp³-hybridized carbons (Fsp3) is 0.714. The smallest absolute Gasteiger partial charge is 0.265 e. The molecule has 1 saturated heterocycles. The number of thiazole rings is 1. The van der Waals surface area contributed by atoms with Crippen molar-refractivity contribution in [3.63, 3.8) is 0 Å². The summed E-state index contributed by atoms with van der Waals surface area (Å²) in [4.78, 5) is 20.3. The van der Waals surface area contributed by atoms with Gasteiger partial charge >= 0.3 is 0 Å². The molecule has 1 N–H and O–H groups in total. The number of rotatable bonds is 3. The van der Waals surface area contributed by atoms with Crippen LogP contribution in [0.15, 0.2) is 0 Å². The Morgan fingerprint density at radius 1 is 1.37 bits per heavy atom. The summed E-state index contributed by atoms with van der Waals surface area (Å²) in [5.41, 5.74) is 1.08. The zero-order valence-electron chi connectivity index (χ0n) is 11.6. The first-order valence-corrected chi connectivity index (χ1v) is 7.99. The molecule has 1 aliphatic carbocycles. The SMILES string of the molecule is CC(C)c1nc(C2CC2)c(C(=O)N2CCNCC2)s1. The second kappa shape index (κ2) is 5.21. The quantitative estimate of drug-likeness (QED) is 0.922. The Morgan fingerprint density at radius 3 is 2.63 bits per heavy atom. The summed E-state index contributed by atoms with van der Waals surface area (Å²) in [6, 6.07) is 0. The average Bonchev–Trinajstić information content (AvgIpc) is 3.17. The average molecular weight is 279 g/mol. The summed E-state index contributed by atoms with van der Waals surface area (Å²) in [7, 11) is 0. The molecule has 1 aromatic rings. The molecule has 4 nitrogen and oxygen atoms in total. The van der Waals surface area contributed by atoms with Gasteiger partial charge in [-0.3, -0.25) is 4.79 Å². The van der Waals surface area contributed by atoms with Gasteiger partial charge in [0, 0.05) is 38.0 Å². The topological polar surface area (TPSA) is 45.2 Å². The van der Waals surface area contributed by atoms with Crippen LogP contribution in [0.4, 0.5) is 0 Å². The lowest BCUT2D eigenvalue weighted by Crippen LogP contribution is -2.46. The molecule has 3 rings (SSSR count). The zero-order chi connectivity index (χ0) is 13.4. The second-order valence-corrected chi connectivity index (χ2v) is 6.77. The number of hydrogen-bond donors (Lipinski definition) is 1. The number of aromatic nitrogens is 1. The Kier molecular flexibility index (Phi) is 3.58. The second-order valence-electron chi connectivity index (χ2n) is 5.74. The summed E-state index contributed by atoms with van der Waals surface area (Å²) in [5.74, 6) is 1.16. The van der Waals surface area contributed by atoms with Gasteiger partial charge in [-0.25, -0.2) is 4.98 Å². The molecule has 1 saturated carbocycles. The first-order valence-electron chi connectivity index (χ1n) is 7.17. The summed E-state index contributed by atoms with van der Waals surface area (Å²) in [6.07, 6.45) is 2.40. The maximum absolute atomic E-state index is 12.7. The number of carbonyl (C=O) groups excluding carboxylic acids is 1. The van der Waals surface area contributed by atoms with Crippen molar-refractivity contribution in [2.24, 2.45) is 0 Å². The molecule has 0 unspecified atom stereocenters. The third kappa shape index (κ3) is 2.67. The van der Waals surface area contributed by atoms with Gasteiger partial charge < -0.3 is 10.2 Å². The molecule has 0 radical (unpaired) electrons. The normalized spacial score (nSPS) is 20.1. The van der Waals surface area contributed by atoms with E-state index >= 15 is 0 Å². The van der Waals surface area contributed by atoms with Gasteiger partial charge in [0.25, 0.3) is 5.91 Å². The third-order valence-electron chi connectivity index (χ3n) is 3.73. The van der Waals surface area contributed by atoms with Crippen molar-refractivity contribution in [3.05, 3.63) is 15.6 Å². The van der Waals surface area contributed by atoms with Crippen molar-refractivity contribution in [2.75, 3.05) is 26.2 Å². The fourth-order valence-electron chi connectivity index (χ4n) is 2.39. The third-order valence-corrected chi connectivity index (χ3v) is 5.09. The Morgan fingerprint density at radius 2 is 2.05 bits per heavy atom. The van der Waals surface area contributed by atoms with E-state index in [0.29, 0.717) is 11.8 Å². The van der Waals surface area contributed by atoms with Crippen LogP contribution in [0, 0.1) is 0 Å². The molecule has 1 aromatic heterocycles. The van der Waals surface area contributed by atoms with Crippen LogP contribution in [0.3, 0.4) is 0 Å². The molecule has 2 fully saturated rings. The van der Waals surface area contributed by atoms with Crippen molar-refractivity contribution in [3.8, 4) is 0 Å². The van der Waals surface area contributed by atoms with Gasteiger partial charge in [-0.1, -0.05) is 13.8 Å². The van der Waals surface area contributed by atoms with E-state index in [4.69, 9.17) is 4.98 Å². The highest BCUT2D eigenvalue weighted by atomic mass is 32.1. The monoisotopic (exact) mass is 279 g/mol. The van der Waals surface area contributed by atoms with E-state index in [1.165, 1.54) is 12.8 Å². The summed E-state index contributed by atoms with van der Waals surface area (Å²) >= 11 is 1.61. The molecule has 0 atom stereocenters. The molecule has 2 aliphatic rings. The van der Waals surface area contributed by atoms with Crippen molar-refractivity contribution in [2.45, 2.75) is 38.5 Å². The van der Waals surface area contributed by atoms with Crippen molar-refractivity contribution in [1.29, 1.82) is 0 Å². The maximum Gasteiger partial charge on any atom is 0.265 e. The van der Waals surface area contributed by atoms with Crippen LogP contribution in [-0.2, 0) is 0 Å². The van der Waals surface area contributed by atoms with Crippen LogP contribution in [0.25, 0.3) is 0 Å². The molecule has 1 amide bonds. The van der Waals surface area contributed by atoms with Crippen LogP contribution in [0.2, 0.25) is 0 Å². The minimum absolute atomic E-state index is 0.202. The van der Waals surface area contributed by atoms with Crippen molar-refractivity contribution in [1.82, 2.24) is 15.2 Å². The van der Waals surface area contributed by atoms with Gasteiger partial charge in [0.1, 0.15) is 4.88 Å². The molecule has 1 aliphatic heterocycles. The molecule has 5 heteroatoms. The van der Waals surface area contributed by atoms with E-state index in [0.717, 1.165) is 41.8 Å². The van der Waals surface area contributed by atoms with Crippen LogP contribution < -0.4 is 5.32 Å². The van der Waals surface area contributed by atoms with E-state index in [-0.39, 0.29) is 5.91 Å². The number of hydrogen-bond acceptors (Lipinski definition) is 4. The standard InChI is InChI=1S/C14H21N3OS/c1-9(2)13-16-11(10-3-4-10)12(19-13)14(18)17-7-5-15-6-8-17/h9-10,15H,3-8H2,1-2H3. The first-order chi connectivity index (χ1) is 9.16. The van der Waals surface area contributed by atoms with E-state index < -0.39 is 0 Å². The number of amides is 1. The van der Waals surface area contributed by atoms with Gasteiger partial charge in [-0.15, -0.1) is 11.3 Å². The lowest BCUT2D eigenvalue weighted by Gasteiger charge is -2.27. The van der Waals surface area contributed by atoms with Crippen LogP contribution in [0.5, 0.6) is 0 Å². The van der Waals surface area contributed by atoms with Crippen molar-refractivity contribution < 1.29 is 4.79 Å². The maximum atomic E-state index is 12.7. The highest BCUT2D eigenvalue weighted by Crippen LogP contribution is 2.43. The zero-order valence-corrected chi connectivity index (χ0v) is 12.4. The molecular weight excluding hydrogens is 258 g/mol. The number of piperazine rings is 1. The number of nitrogens with one attached hydrogen (secondary N) is 1. The highest BCUT2D eigenvalue weighted by molar-refractivity contribution is 7.13. The Labute approximate surface area is 118 Å². The van der Waals surface area contributed by atoms with E-state index in [9.17, 15) is 4.79 Å². The highest BCUT2D eigenvalue weighted by Gasteiger charge is 2.34. The number of carbonyl (C=O) groups is 1. The molecule has 104 valence electrons. The predicted molar refractivity (Wildman–Crippen MR) is 77.0 cm³/mol. The Hall–Kier alpha value is -0.940. The van der Waals surface area contributed by atoms with E-state index in [2.05, 4.69) is 19.2 Å². The van der Waals surface area contributed by atoms with Crippen LogP contribution >= 0.6 is 11.3 Å². The van der Waals surface area contributed by atoms with Gasteiger partial charge in [0.15, 0.2) is 0 Å². The predicted octanol–water partition coefficient (Wildman–Crippen LogP) is 2.19. The van der Waals surface area contributed by atoms with Crippen LogP contribution in [-0.4, -0.2) is 42.0 Å². The van der Waals surface area contributed by atoms with E-state index in [1.54, 1.807) is 11.3 Å². The van der Waals surface area contributed by atoms with Gasteiger partial charge in [0.05, 0.1) is 10.7 Å². The number of nitrogens with zero attached hydrogens (tertiary/aromatic N) is 2. The van der Waals surface area contributed by atoms with Crippen LogP contribution in [0.1, 0.15) is 58.9 Å². The molecule has 0 aromatic carbocycles. The summed E-state index contributed by atoms with van der Waals surface area (Å²) in [6.45, 7) is 7.74. The van der Waals surface area contributed by atoms with Gasteiger partial charge in [0.2, 0.25) is 0 Å². The lowest BCUT2D eigenvalue weighted by atomic mass is 10.2. The summed E-state index contributed by atoms with van der Waals surface area (Å²) in [5, 5.41) is 4.40. The minimum atomic E-state index is 0.202. The fourth-order valence-corrected chi connectivity index (χ4v) is 3.52. The molecule has 19 heavy (non-hydrogen) atoms. The largest absolute Gasteiger partial charge is 0.335 e. The van der Waals surface area contributed by atoms with Crippen molar-refractivity contribution >= 4 is 17.2 Å². The Balaban J connectivity index is 1.87. The van der Waals surface area contributed by atoms with Gasteiger partial charge in [-0.2, -0.15) is 0 Å². The first kappa shape index (κ1) is 13.1. The molecular formula is C14H21N3OS. The molecule has 2 heterocycles. The lowest BCUT2D eigenvalue weighted by molar-refractivity contribution is 0.0739. The van der Waals surface area contributed by atoms with Gasteiger partial charge in [-0.05, 0) is 12.8 Å². The Bertz CT molecular complexity index is 473. The molecule has 0 bridgehead atoms.